The van der Waals surface area contributed by atoms with Crippen LogP contribution in [-0.4, -0.2) is 14.7 Å². The minimum Gasteiger partial charge on any atom is -0.346 e. The van der Waals surface area contributed by atoms with Crippen LogP contribution in [0.1, 0.15) is 23.0 Å². The topological polar surface area (TPSA) is 55.9 Å². The van der Waals surface area contributed by atoms with Gasteiger partial charge in [0.2, 0.25) is 5.89 Å². The van der Waals surface area contributed by atoms with Crippen LogP contribution in [-0.2, 0) is 20.1 Å². The zero-order valence-electron chi connectivity index (χ0n) is 12.0. The summed E-state index contributed by atoms with van der Waals surface area (Å²) in [5, 5.41) is 8.44. The molecule has 2 aromatic heterocycles. The van der Waals surface area contributed by atoms with Crippen molar-refractivity contribution in [3.05, 3.63) is 47.2 Å². The van der Waals surface area contributed by atoms with E-state index < -0.39 is 0 Å². The molecule has 0 aliphatic heterocycles. The first-order valence-electron chi connectivity index (χ1n) is 6.69. The van der Waals surface area contributed by atoms with E-state index in [0.717, 1.165) is 6.54 Å². The van der Waals surface area contributed by atoms with Gasteiger partial charge in [-0.05, 0) is 25.5 Å². The molecule has 1 aromatic carbocycles. The van der Waals surface area contributed by atoms with Crippen molar-refractivity contribution in [2.45, 2.75) is 26.9 Å². The van der Waals surface area contributed by atoms with Crippen LogP contribution in [0.5, 0.6) is 0 Å². The van der Waals surface area contributed by atoms with Crippen LogP contribution in [0.2, 0.25) is 0 Å². The second kappa shape index (κ2) is 5.09. The monoisotopic (exact) mass is 270 g/mol. The molecule has 3 aromatic rings. The summed E-state index contributed by atoms with van der Waals surface area (Å²) < 4.78 is 7.32. The fourth-order valence-corrected chi connectivity index (χ4v) is 2.59. The van der Waals surface area contributed by atoms with E-state index in [-0.39, 0.29) is 0 Å². The summed E-state index contributed by atoms with van der Waals surface area (Å²) in [6.07, 6.45) is 0. The largest absolute Gasteiger partial charge is 0.346 e. The van der Waals surface area contributed by atoms with Crippen LogP contribution in [0.15, 0.2) is 28.8 Å². The maximum absolute atomic E-state index is 5.09. The average Bonchev–Trinajstić information content (AvgIpc) is 2.97. The maximum Gasteiger partial charge on any atom is 0.240 e. The average molecular weight is 270 g/mol. The number of hydrogen-bond donors (Lipinski definition) is 1. The van der Waals surface area contributed by atoms with Crippen LogP contribution < -0.4 is 5.32 Å². The van der Waals surface area contributed by atoms with Crippen molar-refractivity contribution in [2.75, 3.05) is 0 Å². The molecule has 0 radical (unpaired) electrons. The van der Waals surface area contributed by atoms with Gasteiger partial charge in [0, 0.05) is 30.2 Å². The summed E-state index contributed by atoms with van der Waals surface area (Å²) in [5.41, 5.74) is 3.86. The predicted molar refractivity (Wildman–Crippen MR) is 77.2 cm³/mol. The first-order chi connectivity index (χ1) is 9.66. The molecule has 5 nitrogen and oxygen atoms in total. The second-order valence-corrected chi connectivity index (χ2v) is 4.99. The van der Waals surface area contributed by atoms with Crippen molar-refractivity contribution in [1.29, 1.82) is 0 Å². The lowest BCUT2D eigenvalue weighted by molar-refractivity contribution is 0.363. The number of nitrogens with zero attached hydrogens (tertiary/aromatic N) is 3. The quantitative estimate of drug-likeness (QED) is 0.791. The number of nitrogens with one attached hydrogen (secondary N) is 1. The fourth-order valence-electron chi connectivity index (χ4n) is 2.59. The molecule has 1 N–H and O–H groups in total. The van der Waals surface area contributed by atoms with Crippen molar-refractivity contribution >= 4 is 10.9 Å². The van der Waals surface area contributed by atoms with Crippen LogP contribution >= 0.6 is 0 Å². The first-order valence-corrected chi connectivity index (χ1v) is 6.69. The van der Waals surface area contributed by atoms with E-state index in [4.69, 9.17) is 4.52 Å². The van der Waals surface area contributed by atoms with Gasteiger partial charge in [-0.1, -0.05) is 23.4 Å². The highest BCUT2D eigenvalue weighted by atomic mass is 16.5. The third kappa shape index (κ3) is 2.20. The van der Waals surface area contributed by atoms with Crippen LogP contribution in [0.4, 0.5) is 0 Å². The molecule has 3 rings (SSSR count). The number of hydrogen-bond acceptors (Lipinski definition) is 4. The number of aryl methyl sites for hydroxylation is 3. The minimum atomic E-state index is 0.585. The molecule has 0 fully saturated rings. The fraction of sp³-hybridized carbons (Fsp3) is 0.333. The predicted octanol–water partition coefficient (Wildman–Crippen LogP) is 2.47. The van der Waals surface area contributed by atoms with Gasteiger partial charge in [-0.2, -0.15) is 4.98 Å². The van der Waals surface area contributed by atoms with Crippen LogP contribution in [0.25, 0.3) is 10.9 Å². The van der Waals surface area contributed by atoms with Gasteiger partial charge in [0.05, 0.1) is 6.54 Å². The second-order valence-electron chi connectivity index (χ2n) is 4.99. The van der Waals surface area contributed by atoms with E-state index in [2.05, 4.69) is 58.3 Å². The molecular weight excluding hydrogens is 252 g/mol. The molecule has 20 heavy (non-hydrogen) atoms. The van der Waals surface area contributed by atoms with E-state index in [1.54, 1.807) is 0 Å². The van der Waals surface area contributed by atoms with E-state index in [1.165, 1.54) is 22.2 Å². The molecule has 0 unspecified atom stereocenters. The lowest BCUT2D eigenvalue weighted by Crippen LogP contribution is -2.15. The van der Waals surface area contributed by atoms with Crippen LogP contribution in [0, 0.1) is 13.8 Å². The van der Waals surface area contributed by atoms with Gasteiger partial charge in [0.15, 0.2) is 5.82 Å². The highest BCUT2D eigenvalue weighted by Gasteiger charge is 2.11. The molecule has 0 bridgehead atoms. The Hall–Kier alpha value is -2.14. The van der Waals surface area contributed by atoms with Gasteiger partial charge < -0.3 is 14.4 Å². The summed E-state index contributed by atoms with van der Waals surface area (Å²) in [5.74, 6) is 1.29. The van der Waals surface area contributed by atoms with Gasteiger partial charge in [-0.25, -0.2) is 0 Å². The van der Waals surface area contributed by atoms with Gasteiger partial charge in [0.25, 0.3) is 0 Å². The molecule has 0 spiro atoms. The normalized spacial score (nSPS) is 11.3. The maximum atomic E-state index is 5.09. The van der Waals surface area contributed by atoms with Gasteiger partial charge in [-0.15, -0.1) is 0 Å². The van der Waals surface area contributed by atoms with Crippen LogP contribution in [0.3, 0.4) is 0 Å². The highest BCUT2D eigenvalue weighted by Crippen LogP contribution is 2.24. The Kier molecular flexibility index (Phi) is 3.28. The summed E-state index contributed by atoms with van der Waals surface area (Å²) in [7, 11) is 2.10. The van der Waals surface area contributed by atoms with Gasteiger partial charge in [0.1, 0.15) is 0 Å². The van der Waals surface area contributed by atoms with E-state index in [9.17, 15) is 0 Å². The summed E-state index contributed by atoms with van der Waals surface area (Å²) >= 11 is 0. The molecule has 0 aliphatic carbocycles. The Labute approximate surface area is 117 Å². The third-order valence-electron chi connectivity index (χ3n) is 3.65. The molecule has 0 amide bonds. The zero-order valence-corrected chi connectivity index (χ0v) is 12.0. The number of para-hydroxylation sites is 1. The van der Waals surface area contributed by atoms with Crippen molar-refractivity contribution in [2.24, 2.45) is 7.05 Å². The Balaban J connectivity index is 1.77. The molecule has 0 saturated carbocycles. The third-order valence-corrected chi connectivity index (χ3v) is 3.65. The number of fused-ring (bicyclic) bond motifs is 1. The molecule has 0 aliphatic rings. The standard InChI is InChI=1S/C15H18N4O/c1-10-12-6-4-5-7-13(12)19(3)14(10)8-16-9-15-17-11(2)18-20-15/h4-7,16H,8-9H2,1-3H3. The summed E-state index contributed by atoms with van der Waals surface area (Å²) in [4.78, 5) is 4.18. The van der Waals surface area contributed by atoms with Crippen molar-refractivity contribution in [3.8, 4) is 0 Å². The van der Waals surface area contributed by atoms with E-state index in [1.807, 2.05) is 6.92 Å². The first kappa shape index (κ1) is 12.9. The minimum absolute atomic E-state index is 0.585. The Bertz CT molecular complexity index is 702. The Morgan fingerprint density at radius 2 is 2.00 bits per heavy atom. The van der Waals surface area contributed by atoms with Gasteiger partial charge >= 0.3 is 0 Å². The Morgan fingerprint density at radius 1 is 1.20 bits per heavy atom. The molecular formula is C15H18N4O. The zero-order chi connectivity index (χ0) is 14.1. The van der Waals surface area contributed by atoms with E-state index in [0.29, 0.717) is 18.3 Å². The highest BCUT2D eigenvalue weighted by molar-refractivity contribution is 5.85. The Morgan fingerprint density at radius 3 is 2.70 bits per heavy atom. The number of rotatable bonds is 4. The summed E-state index contributed by atoms with van der Waals surface area (Å²) in [6.45, 7) is 5.34. The molecule has 0 atom stereocenters. The molecule has 2 heterocycles. The van der Waals surface area contributed by atoms with Gasteiger partial charge in [-0.3, -0.25) is 0 Å². The van der Waals surface area contributed by atoms with Crippen molar-refractivity contribution in [1.82, 2.24) is 20.0 Å². The smallest absolute Gasteiger partial charge is 0.240 e. The molecule has 0 saturated heterocycles. The lowest BCUT2D eigenvalue weighted by atomic mass is 10.1. The summed E-state index contributed by atoms with van der Waals surface area (Å²) in [6, 6.07) is 8.46. The number of aromatic nitrogens is 3. The molecule has 5 heteroatoms. The van der Waals surface area contributed by atoms with Crippen molar-refractivity contribution in [3.63, 3.8) is 0 Å². The van der Waals surface area contributed by atoms with E-state index >= 15 is 0 Å². The number of benzene rings is 1. The van der Waals surface area contributed by atoms with Crippen molar-refractivity contribution < 1.29 is 4.52 Å². The lowest BCUT2D eigenvalue weighted by Gasteiger charge is -2.06. The molecule has 104 valence electrons. The SMILES string of the molecule is Cc1noc(CNCc2c(C)c3ccccc3n2C)n1.